The maximum atomic E-state index is 10.7. The fourth-order valence-corrected chi connectivity index (χ4v) is 5.31. The van der Waals surface area contributed by atoms with Gasteiger partial charge in [-0.1, -0.05) is 0 Å². The summed E-state index contributed by atoms with van der Waals surface area (Å²) in [5.74, 6) is 1.42. The van der Waals surface area contributed by atoms with E-state index in [4.69, 9.17) is 19.5 Å². The normalized spacial score (nSPS) is 34.3. The predicted octanol–water partition coefficient (Wildman–Crippen LogP) is -1.75. The average molecular weight is 389 g/mol. The number of hydrogen-bond donors (Lipinski definition) is 4. The van der Waals surface area contributed by atoms with Crippen LogP contribution in [0, 0.1) is 0 Å². The first-order valence-electron chi connectivity index (χ1n) is 8.06. The first kappa shape index (κ1) is 17.7. The van der Waals surface area contributed by atoms with E-state index in [1.54, 1.807) is 11.8 Å². The van der Waals surface area contributed by atoms with Crippen molar-refractivity contribution in [2.75, 3.05) is 35.8 Å². The van der Waals surface area contributed by atoms with Crippen molar-refractivity contribution in [3.05, 3.63) is 6.33 Å². The number of hydrogen-bond acceptors (Lipinski definition) is 11. The quantitative estimate of drug-likeness (QED) is 0.202. The summed E-state index contributed by atoms with van der Waals surface area (Å²) in [5.41, 5.74) is 6.37. The topological polar surface area (TPSA) is 135 Å². The molecule has 2 saturated heterocycles. The zero-order valence-corrected chi connectivity index (χ0v) is 15.5. The summed E-state index contributed by atoms with van der Waals surface area (Å²) < 4.78 is 16.8. The molecule has 0 saturated carbocycles. The summed E-state index contributed by atoms with van der Waals surface area (Å²) in [4.78, 5) is 20.5. The predicted molar refractivity (Wildman–Crippen MR) is 97.3 cm³/mol. The van der Waals surface area contributed by atoms with Crippen LogP contribution in [0.2, 0.25) is 0 Å². The Labute approximate surface area is 150 Å². The molecule has 3 aliphatic heterocycles. The van der Waals surface area contributed by atoms with E-state index in [9.17, 15) is 10.00 Å². The van der Waals surface area contributed by atoms with Crippen molar-refractivity contribution in [3.8, 4) is 0 Å². The van der Waals surface area contributed by atoms with Gasteiger partial charge in [0, 0.05) is 0 Å². The number of aliphatic hydroxyl groups is 1. The standard InChI is InChI=1S/C12H21BN5O5PS/c13-24(20)21-3-6-9(23-24)8(19)12(22-6)18-5-17-7-10(18)15-4-16-11(7)25-2-1-14/h4,6,8-9,12,17,19-20,24H,1-3,5,13-14H2. The van der Waals surface area contributed by atoms with Gasteiger partial charge in [-0.15, -0.1) is 0 Å². The molecule has 5 N–H and O–H groups in total. The molecule has 4 rings (SSSR count). The van der Waals surface area contributed by atoms with Crippen molar-refractivity contribution >= 4 is 38.7 Å². The van der Waals surface area contributed by atoms with Crippen LogP contribution in [-0.4, -0.2) is 77.6 Å². The van der Waals surface area contributed by atoms with Gasteiger partial charge >= 0.3 is 150 Å². The number of nitrogens with zero attached hydrogens (tertiary/aromatic N) is 3. The SMILES string of the molecule is B[PH]1(O)OCC2OC(N3CNc4c(SCCN)ncnc43)C(O)C2O1. The average Bonchev–Trinajstić information content (AvgIpc) is 3.14. The van der Waals surface area contributed by atoms with Crippen LogP contribution in [-0.2, 0) is 13.8 Å². The Morgan fingerprint density at radius 1 is 1.52 bits per heavy atom. The summed E-state index contributed by atoms with van der Waals surface area (Å²) in [6, 6.07) is 0. The van der Waals surface area contributed by atoms with E-state index in [0.717, 1.165) is 16.5 Å². The van der Waals surface area contributed by atoms with Gasteiger partial charge in [0.2, 0.25) is 0 Å². The number of fused-ring (bicyclic) bond motifs is 2. The summed E-state index contributed by atoms with van der Waals surface area (Å²) in [6.07, 6.45) is -1.11. The second-order valence-corrected chi connectivity index (χ2v) is 9.57. The van der Waals surface area contributed by atoms with Crippen LogP contribution >= 0.6 is 19.6 Å². The first-order chi connectivity index (χ1) is 12.0. The van der Waals surface area contributed by atoms with Crippen LogP contribution < -0.4 is 16.0 Å². The molecule has 0 aromatic carbocycles. The van der Waals surface area contributed by atoms with Crippen LogP contribution in [0.5, 0.6) is 0 Å². The molecule has 1 aromatic rings. The van der Waals surface area contributed by atoms with Crippen LogP contribution in [0.25, 0.3) is 0 Å². The molecule has 0 spiro atoms. The van der Waals surface area contributed by atoms with Gasteiger partial charge in [-0.3, -0.25) is 0 Å². The molecule has 4 unspecified atom stereocenters. The molecule has 2 fully saturated rings. The van der Waals surface area contributed by atoms with Crippen molar-refractivity contribution in [1.29, 1.82) is 0 Å². The summed E-state index contributed by atoms with van der Waals surface area (Å²) in [6.45, 7) is 1.19. The zero-order valence-electron chi connectivity index (χ0n) is 13.7. The molecule has 0 aliphatic carbocycles. The number of ether oxygens (including phenoxy) is 1. The molecule has 0 amide bonds. The molecular formula is C12H21BN5O5PS. The fourth-order valence-electron chi connectivity index (χ4n) is 3.23. The Kier molecular flexibility index (Phi) is 4.80. The van der Waals surface area contributed by atoms with Gasteiger partial charge in [-0.25, -0.2) is 0 Å². The molecule has 10 nitrogen and oxygen atoms in total. The van der Waals surface area contributed by atoms with Crippen molar-refractivity contribution in [2.45, 2.75) is 29.6 Å². The first-order valence-corrected chi connectivity index (χ1v) is 11.3. The number of aromatic nitrogens is 2. The number of rotatable bonds is 4. The van der Waals surface area contributed by atoms with E-state index in [0.29, 0.717) is 19.0 Å². The molecule has 3 aliphatic rings. The second kappa shape index (κ2) is 6.78. The van der Waals surface area contributed by atoms with Gasteiger partial charge in [0.1, 0.15) is 0 Å². The molecule has 138 valence electrons. The third kappa shape index (κ3) is 3.21. The van der Waals surface area contributed by atoms with Gasteiger partial charge in [0.25, 0.3) is 0 Å². The number of anilines is 2. The summed E-state index contributed by atoms with van der Waals surface area (Å²) >= 11 is 1.55. The molecule has 1 aromatic heterocycles. The molecule has 4 heterocycles. The van der Waals surface area contributed by atoms with E-state index in [1.807, 2.05) is 4.90 Å². The van der Waals surface area contributed by atoms with E-state index < -0.39 is 32.4 Å². The molecule has 13 heteroatoms. The number of nitrogens with two attached hydrogens (primary N) is 1. The second-order valence-electron chi connectivity index (χ2n) is 6.17. The Bertz CT molecular complexity index is 660. The summed E-state index contributed by atoms with van der Waals surface area (Å²) in [5, 5.41) is 14.8. The van der Waals surface area contributed by atoms with Gasteiger partial charge in [-0.05, 0) is 0 Å². The van der Waals surface area contributed by atoms with E-state index in [-0.39, 0.29) is 6.61 Å². The molecular weight excluding hydrogens is 368 g/mol. The van der Waals surface area contributed by atoms with Gasteiger partial charge in [-0.2, -0.15) is 0 Å². The van der Waals surface area contributed by atoms with E-state index in [2.05, 4.69) is 15.3 Å². The molecule has 0 radical (unpaired) electrons. The Hall–Kier alpha value is -0.715. The van der Waals surface area contributed by atoms with Gasteiger partial charge < -0.3 is 0 Å². The van der Waals surface area contributed by atoms with Crippen molar-refractivity contribution < 1.29 is 23.8 Å². The van der Waals surface area contributed by atoms with E-state index >= 15 is 0 Å². The molecule has 4 atom stereocenters. The number of thioether (sulfide) groups is 1. The summed E-state index contributed by atoms with van der Waals surface area (Å²) in [7, 11) is -1.67. The van der Waals surface area contributed by atoms with Crippen LogP contribution in [0.3, 0.4) is 0 Å². The minimum atomic E-state index is -3.20. The third-order valence-corrected chi connectivity index (χ3v) is 6.77. The van der Waals surface area contributed by atoms with Gasteiger partial charge in [0.05, 0.1) is 0 Å². The minimum absolute atomic E-state index is 0.201. The third-order valence-electron chi connectivity index (χ3n) is 4.33. The maximum absolute atomic E-state index is 10.7. The van der Waals surface area contributed by atoms with Crippen LogP contribution in [0.15, 0.2) is 11.4 Å². The Morgan fingerprint density at radius 2 is 2.36 bits per heavy atom. The number of nitrogens with one attached hydrogen (secondary N) is 1. The molecule has 0 bridgehead atoms. The van der Waals surface area contributed by atoms with Crippen molar-refractivity contribution in [2.24, 2.45) is 5.73 Å². The van der Waals surface area contributed by atoms with Gasteiger partial charge in [0.15, 0.2) is 0 Å². The monoisotopic (exact) mass is 389 g/mol. The van der Waals surface area contributed by atoms with Crippen LogP contribution in [0.1, 0.15) is 0 Å². The van der Waals surface area contributed by atoms with Crippen LogP contribution in [0.4, 0.5) is 11.5 Å². The Morgan fingerprint density at radius 3 is 3.16 bits per heavy atom. The Balaban J connectivity index is 1.55. The van der Waals surface area contributed by atoms with Crippen molar-refractivity contribution in [3.63, 3.8) is 0 Å². The van der Waals surface area contributed by atoms with E-state index in [1.165, 1.54) is 13.9 Å². The number of aliphatic hydroxyl groups excluding tert-OH is 1. The van der Waals surface area contributed by atoms with Crippen molar-refractivity contribution in [1.82, 2.24) is 9.97 Å². The fraction of sp³-hybridized carbons (Fsp3) is 0.667. The molecule has 25 heavy (non-hydrogen) atoms. The zero-order chi connectivity index (χ0) is 17.6.